The van der Waals surface area contributed by atoms with E-state index in [0.29, 0.717) is 11.8 Å². The van der Waals surface area contributed by atoms with Crippen molar-refractivity contribution in [3.8, 4) is 0 Å². The van der Waals surface area contributed by atoms with E-state index in [9.17, 15) is 4.79 Å². The van der Waals surface area contributed by atoms with Crippen LogP contribution in [0.25, 0.3) is 5.57 Å². The molecule has 4 rings (SSSR count). The first-order chi connectivity index (χ1) is 12.3. The lowest BCUT2D eigenvalue weighted by molar-refractivity contribution is 0.0172. The minimum Gasteiger partial charge on any atom is -0.438 e. The summed E-state index contributed by atoms with van der Waals surface area (Å²) in [7, 11) is 1.37. The average Bonchev–Trinajstić information content (AvgIpc) is 3.21. The molecule has 25 heavy (non-hydrogen) atoms. The van der Waals surface area contributed by atoms with Gasteiger partial charge in [-0.3, -0.25) is 0 Å². The summed E-state index contributed by atoms with van der Waals surface area (Å²) in [6, 6.07) is 21.1. The van der Waals surface area contributed by atoms with E-state index < -0.39 is 6.16 Å². The molecule has 2 aromatic rings. The molecule has 3 atom stereocenters. The minimum atomic E-state index is -0.571. The highest BCUT2D eigenvalue weighted by Crippen LogP contribution is 2.54. The number of rotatable bonds is 3. The fourth-order valence-electron chi connectivity index (χ4n) is 4.47. The van der Waals surface area contributed by atoms with Gasteiger partial charge in [0.25, 0.3) is 0 Å². The smallest absolute Gasteiger partial charge is 0.438 e. The predicted octanol–water partition coefficient (Wildman–Crippen LogP) is 5.07. The van der Waals surface area contributed by atoms with Crippen molar-refractivity contribution >= 4 is 11.7 Å². The Morgan fingerprint density at radius 2 is 1.52 bits per heavy atom. The van der Waals surface area contributed by atoms with Crippen LogP contribution in [-0.2, 0) is 9.47 Å². The van der Waals surface area contributed by atoms with Crippen LogP contribution in [0.4, 0.5) is 4.79 Å². The third kappa shape index (κ3) is 2.95. The van der Waals surface area contributed by atoms with E-state index in [2.05, 4.69) is 48.5 Å². The lowest BCUT2D eigenvalue weighted by Gasteiger charge is -2.21. The molecule has 2 aliphatic rings. The second-order valence-corrected chi connectivity index (χ2v) is 6.79. The Balaban J connectivity index is 1.80. The Morgan fingerprint density at radius 1 is 0.920 bits per heavy atom. The van der Waals surface area contributed by atoms with Crippen molar-refractivity contribution in [2.45, 2.75) is 25.4 Å². The van der Waals surface area contributed by atoms with Gasteiger partial charge in [-0.25, -0.2) is 4.79 Å². The SMILES string of the molecule is COC(=O)OC1CC2CCC1C2=C(c1ccccc1)c1ccccc1. The number of hydrogen-bond donors (Lipinski definition) is 0. The Hall–Kier alpha value is -2.55. The van der Waals surface area contributed by atoms with Gasteiger partial charge in [0.1, 0.15) is 6.10 Å². The second-order valence-electron chi connectivity index (χ2n) is 6.79. The fraction of sp³-hybridized carbons (Fsp3) is 0.318. The molecule has 3 heteroatoms. The van der Waals surface area contributed by atoms with Crippen molar-refractivity contribution in [2.75, 3.05) is 7.11 Å². The molecule has 128 valence electrons. The molecule has 0 aliphatic heterocycles. The van der Waals surface area contributed by atoms with Crippen LogP contribution in [-0.4, -0.2) is 19.4 Å². The van der Waals surface area contributed by atoms with Crippen molar-refractivity contribution in [3.63, 3.8) is 0 Å². The van der Waals surface area contributed by atoms with Gasteiger partial charge < -0.3 is 9.47 Å². The van der Waals surface area contributed by atoms with Gasteiger partial charge in [-0.15, -0.1) is 0 Å². The van der Waals surface area contributed by atoms with Gasteiger partial charge in [0.15, 0.2) is 0 Å². The molecule has 3 unspecified atom stereocenters. The zero-order valence-corrected chi connectivity index (χ0v) is 14.4. The largest absolute Gasteiger partial charge is 0.508 e. The van der Waals surface area contributed by atoms with Crippen LogP contribution >= 0.6 is 0 Å². The molecule has 2 fully saturated rings. The molecule has 0 heterocycles. The Labute approximate surface area is 148 Å². The first-order valence-electron chi connectivity index (χ1n) is 8.87. The Bertz CT molecular complexity index is 738. The maximum Gasteiger partial charge on any atom is 0.508 e. The number of methoxy groups -OCH3 is 1. The summed E-state index contributed by atoms with van der Waals surface area (Å²) >= 11 is 0. The van der Waals surface area contributed by atoms with E-state index in [-0.39, 0.29) is 6.10 Å². The molecule has 0 radical (unpaired) electrons. The van der Waals surface area contributed by atoms with Gasteiger partial charge >= 0.3 is 6.16 Å². The van der Waals surface area contributed by atoms with Crippen LogP contribution in [0.2, 0.25) is 0 Å². The number of ether oxygens (including phenoxy) is 2. The van der Waals surface area contributed by atoms with Crippen LogP contribution < -0.4 is 0 Å². The van der Waals surface area contributed by atoms with Crippen molar-refractivity contribution < 1.29 is 14.3 Å². The molecule has 2 saturated carbocycles. The highest BCUT2D eigenvalue weighted by atomic mass is 16.7. The van der Waals surface area contributed by atoms with E-state index in [4.69, 9.17) is 9.47 Å². The molecular weight excluding hydrogens is 312 g/mol. The van der Waals surface area contributed by atoms with Gasteiger partial charge in [-0.05, 0) is 41.9 Å². The molecule has 3 nitrogen and oxygen atoms in total. The second kappa shape index (κ2) is 6.75. The zero-order chi connectivity index (χ0) is 17.2. The lowest BCUT2D eigenvalue weighted by atomic mass is 9.88. The molecule has 0 aromatic heterocycles. The van der Waals surface area contributed by atoms with E-state index in [1.165, 1.54) is 35.8 Å². The summed E-state index contributed by atoms with van der Waals surface area (Å²) in [4.78, 5) is 11.6. The predicted molar refractivity (Wildman–Crippen MR) is 97.0 cm³/mol. The first kappa shape index (κ1) is 15.9. The quantitative estimate of drug-likeness (QED) is 0.735. The molecule has 2 aromatic carbocycles. The summed E-state index contributed by atoms with van der Waals surface area (Å²) < 4.78 is 10.3. The van der Waals surface area contributed by atoms with Crippen LogP contribution in [0.5, 0.6) is 0 Å². The summed E-state index contributed by atoms with van der Waals surface area (Å²) in [5.41, 5.74) is 5.23. The van der Waals surface area contributed by atoms with Gasteiger partial charge in [0, 0.05) is 5.92 Å². The average molecular weight is 334 g/mol. The highest BCUT2D eigenvalue weighted by Gasteiger charge is 2.47. The normalized spacial score (nSPS) is 24.2. The van der Waals surface area contributed by atoms with E-state index >= 15 is 0 Å². The van der Waals surface area contributed by atoms with Crippen molar-refractivity contribution in [2.24, 2.45) is 11.8 Å². The van der Waals surface area contributed by atoms with Gasteiger partial charge in [-0.2, -0.15) is 0 Å². The molecule has 2 bridgehead atoms. The number of fused-ring (bicyclic) bond motifs is 2. The molecule has 0 saturated heterocycles. The summed E-state index contributed by atoms with van der Waals surface area (Å²) in [5, 5.41) is 0. The Morgan fingerprint density at radius 3 is 2.08 bits per heavy atom. The first-order valence-corrected chi connectivity index (χ1v) is 8.87. The van der Waals surface area contributed by atoms with Crippen LogP contribution in [0.3, 0.4) is 0 Å². The maximum absolute atomic E-state index is 11.6. The fourth-order valence-corrected chi connectivity index (χ4v) is 4.47. The number of hydrogen-bond acceptors (Lipinski definition) is 3. The van der Waals surface area contributed by atoms with Crippen molar-refractivity contribution in [1.82, 2.24) is 0 Å². The topological polar surface area (TPSA) is 35.5 Å². The van der Waals surface area contributed by atoms with Crippen LogP contribution in [0.1, 0.15) is 30.4 Å². The van der Waals surface area contributed by atoms with E-state index in [1.54, 1.807) is 0 Å². The van der Waals surface area contributed by atoms with Gasteiger partial charge in [0.05, 0.1) is 7.11 Å². The maximum atomic E-state index is 11.6. The van der Waals surface area contributed by atoms with Crippen molar-refractivity contribution in [1.29, 1.82) is 0 Å². The van der Waals surface area contributed by atoms with E-state index in [0.717, 1.165) is 12.8 Å². The van der Waals surface area contributed by atoms with Crippen LogP contribution in [0, 0.1) is 11.8 Å². The number of carbonyl (C=O) groups is 1. The monoisotopic (exact) mass is 334 g/mol. The standard InChI is InChI=1S/C22H22O3/c1-24-22(23)25-19-14-17-12-13-18(19)21(17)20(15-8-4-2-5-9-15)16-10-6-3-7-11-16/h2-11,17-19H,12-14H2,1H3. The zero-order valence-electron chi connectivity index (χ0n) is 14.4. The summed E-state index contributed by atoms with van der Waals surface area (Å²) in [5.74, 6) is 0.773. The Kier molecular flexibility index (Phi) is 4.31. The third-order valence-corrected chi connectivity index (χ3v) is 5.46. The lowest BCUT2D eigenvalue weighted by Crippen LogP contribution is -2.24. The summed E-state index contributed by atoms with van der Waals surface area (Å²) in [6.45, 7) is 0. The molecule has 0 N–H and O–H groups in total. The van der Waals surface area contributed by atoms with E-state index in [1.807, 2.05) is 12.1 Å². The molecule has 2 aliphatic carbocycles. The van der Waals surface area contributed by atoms with Gasteiger partial charge in [0.2, 0.25) is 0 Å². The number of benzene rings is 2. The van der Waals surface area contributed by atoms with Crippen molar-refractivity contribution in [3.05, 3.63) is 77.4 Å². The molecular formula is C22H22O3. The van der Waals surface area contributed by atoms with Crippen LogP contribution in [0.15, 0.2) is 66.2 Å². The third-order valence-electron chi connectivity index (χ3n) is 5.46. The summed E-state index contributed by atoms with van der Waals surface area (Å²) in [6.07, 6.45) is 2.51. The highest BCUT2D eigenvalue weighted by molar-refractivity contribution is 5.83. The molecule has 0 spiro atoms. The number of carbonyl (C=O) groups excluding carboxylic acids is 1. The van der Waals surface area contributed by atoms with Gasteiger partial charge in [-0.1, -0.05) is 66.2 Å². The molecule has 0 amide bonds. The minimum absolute atomic E-state index is 0.0661.